The van der Waals surface area contributed by atoms with Crippen LogP contribution in [-0.2, 0) is 4.79 Å². The number of carboxylic acid groups (broad SMARTS) is 1. The zero-order valence-electron chi connectivity index (χ0n) is 19.5. The summed E-state index contributed by atoms with van der Waals surface area (Å²) in [4.78, 5) is 13.9. The van der Waals surface area contributed by atoms with Gasteiger partial charge >= 0.3 is 5.97 Å². The van der Waals surface area contributed by atoms with Crippen molar-refractivity contribution in [2.24, 2.45) is 5.92 Å². The van der Waals surface area contributed by atoms with Gasteiger partial charge in [-0.2, -0.15) is 0 Å². The van der Waals surface area contributed by atoms with Crippen LogP contribution in [0.2, 0.25) is 0 Å². The summed E-state index contributed by atoms with van der Waals surface area (Å²) in [5, 5.41) is 23.6. The fourth-order valence-electron chi connectivity index (χ4n) is 4.72. The Balaban J connectivity index is 1.68. The van der Waals surface area contributed by atoms with Crippen LogP contribution < -0.4 is 10.2 Å². The van der Waals surface area contributed by atoms with Crippen molar-refractivity contribution in [3.05, 3.63) is 28.8 Å². The minimum Gasteiger partial charge on any atom is -0.481 e. The lowest BCUT2D eigenvalue weighted by Gasteiger charge is -2.38. The van der Waals surface area contributed by atoms with E-state index in [1.165, 1.54) is 50.6 Å². The molecular formula is C25H36N4O2S. The Bertz CT molecular complexity index is 918. The van der Waals surface area contributed by atoms with E-state index in [1.54, 1.807) is 11.3 Å². The molecule has 0 bridgehead atoms. The number of rotatable bonds is 10. The van der Waals surface area contributed by atoms with Gasteiger partial charge in [-0.1, -0.05) is 57.4 Å². The van der Waals surface area contributed by atoms with Crippen LogP contribution in [0.5, 0.6) is 0 Å². The highest BCUT2D eigenvalue weighted by atomic mass is 32.1. The highest BCUT2D eigenvalue weighted by Gasteiger charge is 2.28. The maximum atomic E-state index is 11.3. The number of nitrogens with zero attached hydrogens (tertiary/aromatic N) is 3. The molecule has 0 unspecified atom stereocenters. The molecule has 1 heterocycles. The van der Waals surface area contributed by atoms with Crippen molar-refractivity contribution in [1.29, 1.82) is 0 Å². The molecule has 2 aliphatic rings. The molecule has 2 saturated carbocycles. The molecule has 6 nitrogen and oxygen atoms in total. The SMILES string of the molecule is CC(C)CN(c1ccc([C@@H](C)CC(=O)O)cc1Nc1nnc(C2CC2)s1)C1CCCCC1. The first-order valence-electron chi connectivity index (χ1n) is 12.1. The first-order valence-corrected chi connectivity index (χ1v) is 12.9. The molecule has 0 radical (unpaired) electrons. The number of aromatic nitrogens is 2. The Morgan fingerprint density at radius 1 is 1.16 bits per heavy atom. The fraction of sp³-hybridized carbons (Fsp3) is 0.640. The lowest BCUT2D eigenvalue weighted by atomic mass is 9.92. The van der Waals surface area contributed by atoms with Gasteiger partial charge in [0.2, 0.25) is 5.13 Å². The van der Waals surface area contributed by atoms with Gasteiger partial charge in [0, 0.05) is 18.5 Å². The minimum atomic E-state index is -0.766. The average Bonchev–Trinajstić information content (AvgIpc) is 3.51. The van der Waals surface area contributed by atoms with Gasteiger partial charge in [-0.05, 0) is 55.2 Å². The Hall–Kier alpha value is -2.15. The smallest absolute Gasteiger partial charge is 0.303 e. The van der Waals surface area contributed by atoms with Crippen LogP contribution in [0, 0.1) is 5.92 Å². The van der Waals surface area contributed by atoms with E-state index in [2.05, 4.69) is 52.5 Å². The summed E-state index contributed by atoms with van der Waals surface area (Å²) in [6.45, 7) is 7.54. The predicted molar refractivity (Wildman–Crippen MR) is 131 cm³/mol. The van der Waals surface area contributed by atoms with Crippen LogP contribution in [0.4, 0.5) is 16.5 Å². The van der Waals surface area contributed by atoms with Crippen molar-refractivity contribution in [3.63, 3.8) is 0 Å². The maximum Gasteiger partial charge on any atom is 0.303 e. The van der Waals surface area contributed by atoms with Crippen LogP contribution in [0.15, 0.2) is 18.2 Å². The summed E-state index contributed by atoms with van der Waals surface area (Å²) in [6, 6.07) is 6.98. The molecule has 2 fully saturated rings. The van der Waals surface area contributed by atoms with E-state index in [0.717, 1.165) is 27.9 Å². The second-order valence-electron chi connectivity index (χ2n) is 9.96. The zero-order chi connectivity index (χ0) is 22.7. The lowest BCUT2D eigenvalue weighted by Crippen LogP contribution is -2.39. The van der Waals surface area contributed by atoms with Gasteiger partial charge in [-0.25, -0.2) is 0 Å². The van der Waals surface area contributed by atoms with Crippen molar-refractivity contribution in [1.82, 2.24) is 10.2 Å². The number of nitrogens with one attached hydrogen (secondary N) is 1. The monoisotopic (exact) mass is 456 g/mol. The van der Waals surface area contributed by atoms with Crippen molar-refractivity contribution in [3.8, 4) is 0 Å². The standard InChI is InChI=1S/C25H36N4O2S/c1-16(2)15-29(20-7-5-4-6-8-20)22-12-11-19(17(3)13-23(30)31)14-21(22)26-25-28-27-24(32-25)18-9-10-18/h11-12,14,16-18,20H,4-10,13,15H2,1-3H3,(H,26,28)(H,30,31)/t17-/m0/s1. The molecule has 7 heteroatoms. The van der Waals surface area contributed by atoms with Crippen LogP contribution in [-0.4, -0.2) is 33.9 Å². The molecule has 2 aromatic rings. The summed E-state index contributed by atoms with van der Waals surface area (Å²) in [5.41, 5.74) is 3.25. The first kappa shape index (κ1) is 23.0. The lowest BCUT2D eigenvalue weighted by molar-refractivity contribution is -0.137. The highest BCUT2D eigenvalue weighted by molar-refractivity contribution is 7.15. The van der Waals surface area contributed by atoms with Crippen LogP contribution in [0.25, 0.3) is 0 Å². The normalized spacial score (nSPS) is 18.0. The van der Waals surface area contributed by atoms with Gasteiger partial charge in [0.15, 0.2) is 0 Å². The molecule has 0 saturated heterocycles. The average molecular weight is 457 g/mol. The van der Waals surface area contributed by atoms with Crippen molar-refractivity contribution in [2.75, 3.05) is 16.8 Å². The molecule has 1 atom stereocenters. The number of anilines is 3. The number of carboxylic acids is 1. The number of hydrogen-bond acceptors (Lipinski definition) is 6. The van der Waals surface area contributed by atoms with Crippen molar-refractivity contribution < 1.29 is 9.90 Å². The number of hydrogen-bond donors (Lipinski definition) is 2. The van der Waals surface area contributed by atoms with E-state index < -0.39 is 5.97 Å². The van der Waals surface area contributed by atoms with Crippen LogP contribution >= 0.6 is 11.3 Å². The molecule has 2 N–H and O–H groups in total. The van der Waals surface area contributed by atoms with E-state index >= 15 is 0 Å². The van der Waals surface area contributed by atoms with Crippen molar-refractivity contribution >= 4 is 33.8 Å². The Morgan fingerprint density at radius 2 is 1.91 bits per heavy atom. The summed E-state index contributed by atoms with van der Waals surface area (Å²) in [5.74, 6) is 0.326. The molecule has 1 aromatic carbocycles. The van der Waals surface area contributed by atoms with Gasteiger partial charge < -0.3 is 15.3 Å². The van der Waals surface area contributed by atoms with Gasteiger partial charge in [0.25, 0.3) is 0 Å². The number of benzene rings is 1. The first-order chi connectivity index (χ1) is 15.4. The molecule has 174 valence electrons. The van der Waals surface area contributed by atoms with E-state index in [-0.39, 0.29) is 12.3 Å². The number of carbonyl (C=O) groups is 1. The van der Waals surface area contributed by atoms with Crippen molar-refractivity contribution in [2.45, 2.75) is 90.0 Å². The van der Waals surface area contributed by atoms with Gasteiger partial charge in [0.1, 0.15) is 5.01 Å². The Morgan fingerprint density at radius 3 is 2.56 bits per heavy atom. The molecule has 4 rings (SSSR count). The number of aliphatic carboxylic acids is 1. The second kappa shape index (κ2) is 10.2. The van der Waals surface area contributed by atoms with E-state index in [1.807, 2.05) is 6.92 Å². The van der Waals surface area contributed by atoms with Gasteiger partial charge in [-0.3, -0.25) is 4.79 Å². The second-order valence-corrected chi connectivity index (χ2v) is 11.0. The molecule has 0 spiro atoms. The quantitative estimate of drug-likeness (QED) is 0.423. The maximum absolute atomic E-state index is 11.3. The molecular weight excluding hydrogens is 420 g/mol. The molecule has 0 aliphatic heterocycles. The molecule has 0 amide bonds. The van der Waals surface area contributed by atoms with Gasteiger partial charge in [0.05, 0.1) is 17.8 Å². The molecule has 32 heavy (non-hydrogen) atoms. The Labute approximate surface area is 195 Å². The third kappa shape index (κ3) is 5.80. The minimum absolute atomic E-state index is 0.0493. The highest BCUT2D eigenvalue weighted by Crippen LogP contribution is 2.43. The zero-order valence-corrected chi connectivity index (χ0v) is 20.3. The topological polar surface area (TPSA) is 78.4 Å². The van der Waals surface area contributed by atoms with Crippen LogP contribution in [0.3, 0.4) is 0 Å². The summed E-state index contributed by atoms with van der Waals surface area (Å²) in [7, 11) is 0. The third-order valence-corrected chi connectivity index (χ3v) is 7.57. The van der Waals surface area contributed by atoms with E-state index in [9.17, 15) is 9.90 Å². The summed E-state index contributed by atoms with van der Waals surface area (Å²) < 4.78 is 0. The molecule has 1 aromatic heterocycles. The third-order valence-electron chi connectivity index (χ3n) is 6.57. The van der Waals surface area contributed by atoms with E-state index in [4.69, 9.17) is 0 Å². The molecule has 2 aliphatic carbocycles. The largest absolute Gasteiger partial charge is 0.481 e. The fourth-order valence-corrected chi connectivity index (χ4v) is 5.64. The van der Waals surface area contributed by atoms with E-state index in [0.29, 0.717) is 17.9 Å². The van der Waals surface area contributed by atoms with Gasteiger partial charge in [-0.15, -0.1) is 10.2 Å². The van der Waals surface area contributed by atoms with Crippen LogP contribution in [0.1, 0.15) is 94.5 Å². The summed E-state index contributed by atoms with van der Waals surface area (Å²) >= 11 is 1.65. The Kier molecular flexibility index (Phi) is 7.33. The predicted octanol–water partition coefficient (Wildman–Crippen LogP) is 6.53. The summed E-state index contributed by atoms with van der Waals surface area (Å²) in [6.07, 6.45) is 8.92.